The summed E-state index contributed by atoms with van der Waals surface area (Å²) in [5, 5.41) is 0. The zero-order chi connectivity index (χ0) is 11.0. The van der Waals surface area contributed by atoms with E-state index in [0.29, 0.717) is 0 Å². The van der Waals surface area contributed by atoms with E-state index >= 15 is 0 Å². The second-order valence-electron chi connectivity index (χ2n) is 2.68. The highest BCUT2D eigenvalue weighted by Gasteiger charge is 1.95. The van der Waals surface area contributed by atoms with Gasteiger partial charge in [-0.2, -0.15) is 0 Å². The van der Waals surface area contributed by atoms with Crippen LogP contribution in [0.4, 0.5) is 0 Å². The summed E-state index contributed by atoms with van der Waals surface area (Å²) < 4.78 is 0. The molecule has 0 heterocycles. The number of Topliss-reactive ketones (excluding diaryl/α,β-unsaturated/α-hetero) is 1. The number of primary amides is 1. The topological polar surface area (TPSA) is 60.2 Å². The van der Waals surface area contributed by atoms with Crippen molar-refractivity contribution in [2.75, 3.05) is 0 Å². The second-order valence-corrected chi connectivity index (χ2v) is 3.20. The Balaban J connectivity index is 0.000000241. The third kappa shape index (κ3) is 8.80. The van der Waals surface area contributed by atoms with Crippen molar-refractivity contribution in [1.82, 2.24) is 0 Å². The summed E-state index contributed by atoms with van der Waals surface area (Å²) in [6.45, 7) is 1.32. The van der Waals surface area contributed by atoms with Gasteiger partial charge < -0.3 is 5.73 Å². The molecule has 76 valence electrons. The van der Waals surface area contributed by atoms with Crippen molar-refractivity contribution in [2.45, 2.75) is 18.2 Å². The molecule has 0 aromatic heterocycles. The van der Waals surface area contributed by atoms with Gasteiger partial charge in [0.05, 0.1) is 6.42 Å². The molecule has 0 radical (unpaired) electrons. The van der Waals surface area contributed by atoms with E-state index in [9.17, 15) is 9.59 Å². The van der Waals surface area contributed by atoms with Crippen LogP contribution in [0.1, 0.15) is 13.3 Å². The largest absolute Gasteiger partial charge is 0.369 e. The van der Waals surface area contributed by atoms with Crippen LogP contribution in [0.5, 0.6) is 0 Å². The van der Waals surface area contributed by atoms with Crippen molar-refractivity contribution in [3.05, 3.63) is 30.3 Å². The number of hydrogen-bond donors (Lipinski definition) is 2. The van der Waals surface area contributed by atoms with E-state index in [0.717, 1.165) is 4.90 Å². The van der Waals surface area contributed by atoms with E-state index in [1.807, 2.05) is 30.3 Å². The Labute approximate surface area is 88.7 Å². The number of carbonyl (C=O) groups is 2. The van der Waals surface area contributed by atoms with Gasteiger partial charge >= 0.3 is 0 Å². The molecule has 0 spiro atoms. The SMILES string of the molecule is CC(=O)CC(N)=O.Sc1ccccc1. The predicted octanol–water partition coefficient (Wildman–Crippen LogP) is 1.43. The van der Waals surface area contributed by atoms with Crippen molar-refractivity contribution in [1.29, 1.82) is 0 Å². The molecule has 1 aromatic carbocycles. The van der Waals surface area contributed by atoms with Gasteiger partial charge in [-0.05, 0) is 19.1 Å². The van der Waals surface area contributed by atoms with Gasteiger partial charge in [-0.15, -0.1) is 12.6 Å². The lowest BCUT2D eigenvalue weighted by Gasteiger charge is -1.82. The number of amides is 1. The van der Waals surface area contributed by atoms with Gasteiger partial charge in [-0.3, -0.25) is 9.59 Å². The van der Waals surface area contributed by atoms with Crippen molar-refractivity contribution in [2.24, 2.45) is 5.73 Å². The summed E-state index contributed by atoms with van der Waals surface area (Å²) in [6.07, 6.45) is -0.139. The summed E-state index contributed by atoms with van der Waals surface area (Å²) >= 11 is 4.08. The molecule has 1 aromatic rings. The molecule has 0 saturated heterocycles. The van der Waals surface area contributed by atoms with Crippen LogP contribution in [-0.2, 0) is 9.59 Å². The standard InChI is InChI=1S/C6H6S.C4H7NO2/c7-6-4-2-1-3-5-6;1-3(6)2-4(5)7/h1-5,7H;2H2,1H3,(H2,5,7). The van der Waals surface area contributed by atoms with Crippen molar-refractivity contribution < 1.29 is 9.59 Å². The van der Waals surface area contributed by atoms with Gasteiger partial charge in [0.1, 0.15) is 5.78 Å². The first-order valence-electron chi connectivity index (χ1n) is 4.04. The molecule has 0 aliphatic carbocycles. The Morgan fingerprint density at radius 2 is 1.79 bits per heavy atom. The van der Waals surface area contributed by atoms with E-state index in [-0.39, 0.29) is 12.2 Å². The highest BCUT2D eigenvalue weighted by Crippen LogP contribution is 2.00. The first-order chi connectivity index (χ1) is 6.52. The van der Waals surface area contributed by atoms with Crippen molar-refractivity contribution in [3.8, 4) is 0 Å². The van der Waals surface area contributed by atoms with Crippen LogP contribution in [0.15, 0.2) is 35.2 Å². The molecule has 0 saturated carbocycles. The van der Waals surface area contributed by atoms with Crippen LogP contribution in [0.3, 0.4) is 0 Å². The normalized spacial score (nSPS) is 8.43. The van der Waals surface area contributed by atoms with Gasteiger partial charge in [0, 0.05) is 4.90 Å². The Morgan fingerprint density at radius 3 is 1.93 bits per heavy atom. The number of nitrogens with two attached hydrogens (primary N) is 1. The van der Waals surface area contributed by atoms with Crippen molar-refractivity contribution >= 4 is 24.3 Å². The van der Waals surface area contributed by atoms with Crippen LogP contribution in [0.2, 0.25) is 0 Å². The summed E-state index contributed by atoms with van der Waals surface area (Å²) in [4.78, 5) is 20.8. The molecule has 0 aliphatic heterocycles. The molecule has 0 unspecified atom stereocenters. The fourth-order valence-corrected chi connectivity index (χ4v) is 0.845. The second kappa shape index (κ2) is 7.15. The van der Waals surface area contributed by atoms with Crippen LogP contribution in [0.25, 0.3) is 0 Å². The predicted molar refractivity (Wildman–Crippen MR) is 58.2 cm³/mol. The molecule has 4 heteroatoms. The van der Waals surface area contributed by atoms with E-state index in [4.69, 9.17) is 0 Å². The van der Waals surface area contributed by atoms with Gasteiger partial charge in [0.2, 0.25) is 5.91 Å². The molecule has 0 bridgehead atoms. The Morgan fingerprint density at radius 1 is 1.29 bits per heavy atom. The summed E-state index contributed by atoms with van der Waals surface area (Å²) in [6, 6.07) is 9.79. The number of hydrogen-bond acceptors (Lipinski definition) is 3. The van der Waals surface area contributed by atoms with Crippen LogP contribution >= 0.6 is 12.6 Å². The van der Waals surface area contributed by atoms with Gasteiger partial charge in [-0.25, -0.2) is 0 Å². The third-order valence-electron chi connectivity index (χ3n) is 1.18. The maximum absolute atomic E-state index is 9.95. The number of carbonyl (C=O) groups excluding carboxylic acids is 2. The molecule has 0 aliphatic rings. The summed E-state index contributed by atoms with van der Waals surface area (Å²) in [7, 11) is 0. The lowest BCUT2D eigenvalue weighted by Crippen LogP contribution is -2.13. The molecule has 2 N–H and O–H groups in total. The molecular weight excluding hydrogens is 198 g/mol. The zero-order valence-corrected chi connectivity index (χ0v) is 8.83. The van der Waals surface area contributed by atoms with E-state index in [1.54, 1.807) is 0 Å². The van der Waals surface area contributed by atoms with E-state index in [2.05, 4.69) is 18.4 Å². The monoisotopic (exact) mass is 211 g/mol. The van der Waals surface area contributed by atoms with Crippen LogP contribution < -0.4 is 5.73 Å². The maximum atomic E-state index is 9.95. The Kier molecular flexibility index (Phi) is 6.49. The summed E-state index contributed by atoms with van der Waals surface area (Å²) in [5.74, 6) is -0.750. The number of rotatable bonds is 2. The van der Waals surface area contributed by atoms with Crippen LogP contribution in [0, 0.1) is 0 Å². The smallest absolute Gasteiger partial charge is 0.224 e. The lowest BCUT2D eigenvalue weighted by molar-refractivity contribution is -0.125. The zero-order valence-electron chi connectivity index (χ0n) is 7.93. The maximum Gasteiger partial charge on any atom is 0.224 e. The molecule has 0 atom stereocenters. The average Bonchev–Trinajstić information content (AvgIpc) is 2.03. The van der Waals surface area contributed by atoms with Crippen molar-refractivity contribution in [3.63, 3.8) is 0 Å². The first-order valence-corrected chi connectivity index (χ1v) is 4.49. The minimum atomic E-state index is -0.562. The minimum absolute atomic E-state index is 0.139. The van der Waals surface area contributed by atoms with E-state index in [1.165, 1.54) is 6.92 Å². The quantitative estimate of drug-likeness (QED) is 0.574. The Hall–Kier alpha value is -1.29. The van der Waals surface area contributed by atoms with Crippen LogP contribution in [-0.4, -0.2) is 11.7 Å². The highest BCUT2D eigenvalue weighted by molar-refractivity contribution is 7.80. The molecule has 0 fully saturated rings. The fourth-order valence-electron chi connectivity index (χ4n) is 0.673. The van der Waals surface area contributed by atoms with Gasteiger partial charge in [-0.1, -0.05) is 18.2 Å². The Bertz CT molecular complexity index is 286. The average molecular weight is 211 g/mol. The molecular formula is C10H13NO2S. The van der Waals surface area contributed by atoms with E-state index < -0.39 is 5.91 Å². The molecule has 14 heavy (non-hydrogen) atoms. The van der Waals surface area contributed by atoms with Gasteiger partial charge in [0.15, 0.2) is 0 Å². The summed E-state index contributed by atoms with van der Waals surface area (Å²) in [5.41, 5.74) is 4.63. The minimum Gasteiger partial charge on any atom is -0.369 e. The fraction of sp³-hybridized carbons (Fsp3) is 0.200. The number of thiol groups is 1. The van der Waals surface area contributed by atoms with Gasteiger partial charge in [0.25, 0.3) is 0 Å². The first kappa shape index (κ1) is 12.7. The third-order valence-corrected chi connectivity index (χ3v) is 1.48. The number of ketones is 1. The lowest BCUT2D eigenvalue weighted by atomic mass is 10.3. The molecule has 1 rings (SSSR count). The molecule has 1 amide bonds. The molecule has 3 nitrogen and oxygen atoms in total. The highest BCUT2D eigenvalue weighted by atomic mass is 32.1. The number of benzene rings is 1.